The molecule has 102 valence electrons. The number of unbranched alkanes of at least 4 members (excludes halogenated alkanes) is 1. The molecule has 0 saturated carbocycles. The lowest BCUT2D eigenvalue weighted by atomic mass is 10.3. The van der Waals surface area contributed by atoms with Crippen LogP contribution in [0.15, 0.2) is 24.3 Å². The molecule has 0 bridgehead atoms. The highest BCUT2D eigenvalue weighted by atomic mass is 16.5. The van der Waals surface area contributed by atoms with E-state index in [9.17, 15) is 0 Å². The van der Waals surface area contributed by atoms with Gasteiger partial charge in [0.05, 0.1) is 6.61 Å². The third-order valence-electron chi connectivity index (χ3n) is 1.96. The summed E-state index contributed by atoms with van der Waals surface area (Å²) < 4.78 is 11.0. The first-order chi connectivity index (χ1) is 8.78. The van der Waals surface area contributed by atoms with Gasteiger partial charge in [-0.1, -0.05) is 19.4 Å². The average molecular weight is 254 g/mol. The van der Waals surface area contributed by atoms with Crippen LogP contribution in [0.1, 0.15) is 19.8 Å². The number of nitrogens with two attached hydrogens (primary N) is 2. The largest absolute Gasteiger partial charge is 0.493 e. The van der Waals surface area contributed by atoms with Gasteiger partial charge in [0.2, 0.25) is 6.41 Å². The molecule has 0 radical (unpaired) electrons. The Bertz CT molecular complexity index is 319. The van der Waals surface area contributed by atoms with Crippen LogP contribution in [0.25, 0.3) is 0 Å². The first kappa shape index (κ1) is 16.2. The number of hydrogen-bond donors (Lipinski definition) is 2. The molecule has 1 amide bonds. The third-order valence-corrected chi connectivity index (χ3v) is 1.96. The van der Waals surface area contributed by atoms with Crippen molar-refractivity contribution in [3.05, 3.63) is 24.3 Å². The van der Waals surface area contributed by atoms with Crippen LogP contribution in [0.3, 0.4) is 0 Å². The van der Waals surface area contributed by atoms with E-state index in [2.05, 4.69) is 12.7 Å². The van der Waals surface area contributed by atoms with E-state index in [1.807, 2.05) is 24.3 Å². The fourth-order valence-electron chi connectivity index (χ4n) is 1.16. The van der Waals surface area contributed by atoms with Crippen LogP contribution >= 0.6 is 0 Å². The number of ether oxygens (including phenoxy) is 2. The standard InChI is InChI=1S/C12H19NO2.CH3NO/c1-2-3-8-14-11-5-4-6-12(10-11)15-9-7-13;2-1-3/h4-6,10H,2-3,7-9,13H2,1H3;1H,(H2,2,3). The molecule has 0 aliphatic carbocycles. The second kappa shape index (κ2) is 11.7. The smallest absolute Gasteiger partial charge is 0.204 e. The normalized spacial score (nSPS) is 9.00. The summed E-state index contributed by atoms with van der Waals surface area (Å²) in [5.74, 6) is 1.67. The molecule has 0 aliphatic rings. The third kappa shape index (κ3) is 8.41. The number of amides is 1. The Balaban J connectivity index is 0.000000873. The minimum atomic E-state index is 0.250. The highest BCUT2D eigenvalue weighted by molar-refractivity contribution is 5.42. The molecule has 0 atom stereocenters. The summed E-state index contributed by atoms with van der Waals surface area (Å²) >= 11 is 0. The SMILES string of the molecule is CCCCOc1cccc(OCCN)c1.NC=O. The van der Waals surface area contributed by atoms with Gasteiger partial charge in [0, 0.05) is 12.6 Å². The molecular weight excluding hydrogens is 232 g/mol. The molecule has 0 unspecified atom stereocenters. The minimum Gasteiger partial charge on any atom is -0.493 e. The molecular formula is C13H22N2O3. The van der Waals surface area contributed by atoms with Gasteiger partial charge in [0.1, 0.15) is 18.1 Å². The van der Waals surface area contributed by atoms with Crippen molar-refractivity contribution in [1.29, 1.82) is 0 Å². The summed E-state index contributed by atoms with van der Waals surface area (Å²) in [7, 11) is 0. The number of benzene rings is 1. The van der Waals surface area contributed by atoms with Crippen LogP contribution in [0.5, 0.6) is 11.5 Å². The maximum absolute atomic E-state index is 8.58. The van der Waals surface area contributed by atoms with Gasteiger partial charge in [-0.3, -0.25) is 4.79 Å². The van der Waals surface area contributed by atoms with Crippen molar-refractivity contribution in [2.45, 2.75) is 19.8 Å². The Kier molecular flexibility index (Phi) is 10.6. The summed E-state index contributed by atoms with van der Waals surface area (Å²) in [6.07, 6.45) is 2.47. The lowest BCUT2D eigenvalue weighted by Gasteiger charge is -2.08. The highest BCUT2D eigenvalue weighted by Crippen LogP contribution is 2.19. The zero-order chi connectivity index (χ0) is 13.6. The molecule has 5 heteroatoms. The zero-order valence-electron chi connectivity index (χ0n) is 10.8. The van der Waals surface area contributed by atoms with Crippen molar-refractivity contribution in [3.63, 3.8) is 0 Å². The van der Waals surface area contributed by atoms with Gasteiger partial charge in [-0.05, 0) is 18.6 Å². The molecule has 5 nitrogen and oxygen atoms in total. The van der Waals surface area contributed by atoms with Crippen LogP contribution in [0, 0.1) is 0 Å². The highest BCUT2D eigenvalue weighted by Gasteiger charge is 1.97. The predicted molar refractivity (Wildman–Crippen MR) is 71.6 cm³/mol. The van der Waals surface area contributed by atoms with Gasteiger partial charge in [-0.15, -0.1) is 0 Å². The summed E-state index contributed by atoms with van der Waals surface area (Å²) in [6, 6.07) is 7.66. The van der Waals surface area contributed by atoms with Gasteiger partial charge >= 0.3 is 0 Å². The van der Waals surface area contributed by atoms with Crippen LogP contribution in [0.4, 0.5) is 0 Å². The Hall–Kier alpha value is -1.75. The maximum atomic E-state index is 8.58. The van der Waals surface area contributed by atoms with Gasteiger partial charge in [-0.2, -0.15) is 0 Å². The topological polar surface area (TPSA) is 87.6 Å². The lowest BCUT2D eigenvalue weighted by molar-refractivity contribution is -0.106. The molecule has 0 fully saturated rings. The molecule has 0 aromatic heterocycles. The number of primary amides is 1. The molecule has 0 saturated heterocycles. The Morgan fingerprint density at radius 3 is 2.28 bits per heavy atom. The fraction of sp³-hybridized carbons (Fsp3) is 0.462. The molecule has 18 heavy (non-hydrogen) atoms. The molecule has 0 spiro atoms. The summed E-state index contributed by atoms with van der Waals surface area (Å²) in [5, 5.41) is 0. The van der Waals surface area contributed by atoms with E-state index >= 15 is 0 Å². The van der Waals surface area contributed by atoms with Gasteiger partial charge in [0.25, 0.3) is 0 Å². The van der Waals surface area contributed by atoms with Crippen molar-refractivity contribution < 1.29 is 14.3 Å². The summed E-state index contributed by atoms with van der Waals surface area (Å²) in [5.41, 5.74) is 9.52. The van der Waals surface area contributed by atoms with Crippen LogP contribution < -0.4 is 20.9 Å². The molecule has 0 heterocycles. The van der Waals surface area contributed by atoms with Gasteiger partial charge < -0.3 is 20.9 Å². The quantitative estimate of drug-likeness (QED) is 0.567. The minimum absolute atomic E-state index is 0.250. The van der Waals surface area contributed by atoms with Crippen molar-refractivity contribution in [3.8, 4) is 11.5 Å². The van der Waals surface area contributed by atoms with Crippen LogP contribution in [0.2, 0.25) is 0 Å². The maximum Gasteiger partial charge on any atom is 0.204 e. The van der Waals surface area contributed by atoms with Gasteiger partial charge in [-0.25, -0.2) is 0 Å². The molecule has 1 aromatic carbocycles. The van der Waals surface area contributed by atoms with Crippen molar-refractivity contribution in [1.82, 2.24) is 0 Å². The van der Waals surface area contributed by atoms with E-state index < -0.39 is 0 Å². The summed E-state index contributed by atoms with van der Waals surface area (Å²) in [6.45, 7) is 3.97. The van der Waals surface area contributed by atoms with Crippen molar-refractivity contribution in [2.75, 3.05) is 19.8 Å². The lowest BCUT2D eigenvalue weighted by Crippen LogP contribution is -2.10. The van der Waals surface area contributed by atoms with E-state index in [1.165, 1.54) is 0 Å². The van der Waals surface area contributed by atoms with E-state index in [0.717, 1.165) is 30.9 Å². The van der Waals surface area contributed by atoms with E-state index in [0.29, 0.717) is 13.2 Å². The molecule has 1 rings (SSSR count). The fourth-order valence-corrected chi connectivity index (χ4v) is 1.16. The average Bonchev–Trinajstić information content (AvgIpc) is 2.38. The van der Waals surface area contributed by atoms with Crippen molar-refractivity contribution >= 4 is 6.41 Å². The molecule has 0 aliphatic heterocycles. The second-order valence-corrected chi connectivity index (χ2v) is 3.45. The van der Waals surface area contributed by atoms with Gasteiger partial charge in [0.15, 0.2) is 0 Å². The Morgan fingerprint density at radius 1 is 1.22 bits per heavy atom. The number of hydrogen-bond acceptors (Lipinski definition) is 4. The number of carbonyl (C=O) groups excluding carboxylic acids is 1. The Morgan fingerprint density at radius 2 is 1.78 bits per heavy atom. The first-order valence-corrected chi connectivity index (χ1v) is 5.99. The van der Waals surface area contributed by atoms with Crippen LogP contribution in [-0.4, -0.2) is 26.2 Å². The monoisotopic (exact) mass is 254 g/mol. The number of carbonyl (C=O) groups is 1. The van der Waals surface area contributed by atoms with Crippen LogP contribution in [-0.2, 0) is 4.79 Å². The van der Waals surface area contributed by atoms with E-state index in [-0.39, 0.29) is 6.41 Å². The van der Waals surface area contributed by atoms with Crippen molar-refractivity contribution in [2.24, 2.45) is 11.5 Å². The predicted octanol–water partition coefficient (Wildman–Crippen LogP) is 1.30. The first-order valence-electron chi connectivity index (χ1n) is 5.99. The molecule has 1 aromatic rings. The molecule has 4 N–H and O–H groups in total. The Labute approximate surface area is 108 Å². The zero-order valence-corrected chi connectivity index (χ0v) is 10.8. The van der Waals surface area contributed by atoms with E-state index in [4.69, 9.17) is 20.0 Å². The summed E-state index contributed by atoms with van der Waals surface area (Å²) in [4.78, 5) is 8.58. The van der Waals surface area contributed by atoms with E-state index in [1.54, 1.807) is 0 Å². The number of rotatable bonds is 7. The second-order valence-electron chi connectivity index (χ2n) is 3.45.